The third-order valence-electron chi connectivity index (χ3n) is 11.0. The van der Waals surface area contributed by atoms with Gasteiger partial charge in [-0.25, -0.2) is 9.97 Å². The van der Waals surface area contributed by atoms with E-state index in [0.717, 1.165) is 92.5 Å². The van der Waals surface area contributed by atoms with Crippen LogP contribution in [0.25, 0.3) is 0 Å². The first-order valence-electron chi connectivity index (χ1n) is 22.2. The molecule has 2 aromatic heterocycles. The molecule has 16 nitrogen and oxygen atoms in total. The number of piperidine rings is 1. The maximum Gasteiger partial charge on any atom is 0.264 e. The molecule has 0 bridgehead atoms. The van der Waals surface area contributed by atoms with E-state index in [2.05, 4.69) is 51.6 Å². The number of likely N-dealkylation sites (tertiary alicyclic amines) is 1. The van der Waals surface area contributed by atoms with Crippen molar-refractivity contribution < 1.29 is 42.6 Å². The number of rotatable bonds is 29. The van der Waals surface area contributed by atoms with E-state index >= 15 is 0 Å². The molecule has 1 fully saturated rings. The summed E-state index contributed by atoms with van der Waals surface area (Å²) in [6, 6.07) is 3.97. The van der Waals surface area contributed by atoms with E-state index in [4.69, 9.17) is 18.6 Å². The van der Waals surface area contributed by atoms with Crippen molar-refractivity contribution in [1.29, 1.82) is 0 Å². The van der Waals surface area contributed by atoms with E-state index in [1.807, 2.05) is 0 Å². The highest BCUT2D eigenvalue weighted by Crippen LogP contribution is 2.34. The van der Waals surface area contributed by atoms with Crippen molar-refractivity contribution in [3.8, 4) is 0 Å². The molecule has 3 N–H and O–H groups in total. The van der Waals surface area contributed by atoms with Crippen molar-refractivity contribution >= 4 is 63.8 Å². The van der Waals surface area contributed by atoms with Crippen molar-refractivity contribution in [3.63, 3.8) is 0 Å². The summed E-state index contributed by atoms with van der Waals surface area (Å²) < 4.78 is 24.0. The zero-order valence-corrected chi connectivity index (χ0v) is 38.9. The third-order valence-corrected chi connectivity index (χ3v) is 13.0. The van der Waals surface area contributed by atoms with Gasteiger partial charge in [0.05, 0.1) is 59.9 Å². The van der Waals surface area contributed by atoms with Crippen LogP contribution in [0.3, 0.4) is 0 Å². The number of unbranched alkanes of at least 4 members (excludes halogenated alkanes) is 4. The van der Waals surface area contributed by atoms with Gasteiger partial charge in [-0.1, -0.05) is 51.0 Å². The Morgan fingerprint density at radius 3 is 2.32 bits per heavy atom. The van der Waals surface area contributed by atoms with E-state index in [-0.39, 0.29) is 41.2 Å². The van der Waals surface area contributed by atoms with Crippen LogP contribution in [-0.4, -0.2) is 129 Å². The molecule has 1 saturated heterocycles. The minimum absolute atomic E-state index is 0.0140. The van der Waals surface area contributed by atoms with Crippen molar-refractivity contribution in [3.05, 3.63) is 53.4 Å². The summed E-state index contributed by atoms with van der Waals surface area (Å²) in [5.74, 6) is 0.692. The van der Waals surface area contributed by atoms with Crippen LogP contribution in [0.5, 0.6) is 0 Å². The molecule has 2 aliphatic heterocycles. The van der Waals surface area contributed by atoms with Crippen LogP contribution in [0.2, 0.25) is 0 Å². The van der Waals surface area contributed by atoms with Crippen LogP contribution in [0.15, 0.2) is 39.2 Å². The summed E-state index contributed by atoms with van der Waals surface area (Å²) in [5, 5.41) is 9.42. The lowest BCUT2D eigenvalue weighted by molar-refractivity contribution is -0.125. The van der Waals surface area contributed by atoms with Crippen LogP contribution in [-0.2, 0) is 39.8 Å². The Bertz CT molecular complexity index is 1930. The number of anilines is 2. The maximum atomic E-state index is 13.3. The molecule has 1 unspecified atom stereocenters. The molecule has 4 heterocycles. The van der Waals surface area contributed by atoms with E-state index < -0.39 is 23.8 Å². The number of thiazole rings is 1. The number of benzene rings is 1. The van der Waals surface area contributed by atoms with Gasteiger partial charge in [0, 0.05) is 50.2 Å². The Balaban J connectivity index is 0.803. The van der Waals surface area contributed by atoms with E-state index in [0.29, 0.717) is 68.3 Å². The standard InChI is InChI=1S/C45H65N7O9S2/c1-45(2,3)36-29-48-37(61-36)31-62-38-30-49-44(63-38)50-40(54)32-16-20-51(21-17-32)19-8-5-6-9-23-58-25-27-60-28-26-59-24-10-7-18-47-34-14-11-13-33-39(34)43(57)52(42(33)56)35(15-12-22-53)41(55)46-4/h11,13-14,22,29-30,32,35,47H,5-10,12,15-21,23-28,31H2,1-4H3,(H,46,55)(H,49,50,54). The van der Waals surface area contributed by atoms with Gasteiger partial charge in [-0.15, -0.1) is 11.8 Å². The lowest BCUT2D eigenvalue weighted by atomic mass is 9.94. The van der Waals surface area contributed by atoms with Crippen molar-refractivity contribution in [2.45, 2.75) is 106 Å². The second kappa shape index (κ2) is 25.9. The summed E-state index contributed by atoms with van der Waals surface area (Å²) in [7, 11) is 1.43. The first kappa shape index (κ1) is 49.8. The molecular formula is C45H65N7O9S2. The zero-order valence-electron chi connectivity index (χ0n) is 37.2. The number of ether oxygens (including phenoxy) is 3. The highest BCUT2D eigenvalue weighted by Gasteiger charge is 2.43. The fourth-order valence-electron chi connectivity index (χ4n) is 7.36. The van der Waals surface area contributed by atoms with E-state index in [9.17, 15) is 24.0 Å². The maximum absolute atomic E-state index is 13.3. The van der Waals surface area contributed by atoms with Crippen LogP contribution in [0, 0.1) is 5.92 Å². The molecule has 0 aliphatic carbocycles. The number of carbonyl (C=O) groups excluding carboxylic acids is 5. The molecule has 4 amide bonds. The first-order chi connectivity index (χ1) is 30.5. The molecular weight excluding hydrogens is 847 g/mol. The predicted octanol–water partition coefficient (Wildman–Crippen LogP) is 6.56. The van der Waals surface area contributed by atoms with Gasteiger partial charge < -0.3 is 44.3 Å². The van der Waals surface area contributed by atoms with Crippen LogP contribution in [0.4, 0.5) is 10.8 Å². The molecule has 3 aromatic rings. The van der Waals surface area contributed by atoms with Crippen molar-refractivity contribution in [2.24, 2.45) is 5.92 Å². The van der Waals surface area contributed by atoms with E-state index in [1.54, 1.807) is 42.4 Å². The van der Waals surface area contributed by atoms with Gasteiger partial charge in [0.25, 0.3) is 11.8 Å². The topological polar surface area (TPSA) is 195 Å². The van der Waals surface area contributed by atoms with Gasteiger partial charge in [-0.05, 0) is 76.7 Å². The number of likely N-dealkylation sites (N-methyl/N-ethyl adjacent to an activating group) is 1. The van der Waals surface area contributed by atoms with Gasteiger partial charge in [-0.3, -0.25) is 24.1 Å². The van der Waals surface area contributed by atoms with Gasteiger partial charge in [0.1, 0.15) is 18.1 Å². The summed E-state index contributed by atoms with van der Waals surface area (Å²) in [6.07, 6.45) is 12.1. The lowest BCUT2D eigenvalue weighted by Gasteiger charge is -2.31. The average molecular weight is 912 g/mol. The molecule has 63 heavy (non-hydrogen) atoms. The lowest BCUT2D eigenvalue weighted by Crippen LogP contribution is -2.48. The molecule has 5 rings (SSSR count). The van der Waals surface area contributed by atoms with E-state index in [1.165, 1.54) is 18.4 Å². The summed E-state index contributed by atoms with van der Waals surface area (Å²) in [5.41, 5.74) is 0.955. The van der Waals surface area contributed by atoms with Crippen LogP contribution >= 0.6 is 23.1 Å². The number of fused-ring (bicyclic) bond motifs is 1. The summed E-state index contributed by atoms with van der Waals surface area (Å²) in [4.78, 5) is 75.1. The Hall–Kier alpha value is -4.20. The minimum atomic E-state index is -1.05. The van der Waals surface area contributed by atoms with Gasteiger partial charge in [0.15, 0.2) is 5.13 Å². The number of thioether (sulfide) groups is 1. The largest absolute Gasteiger partial charge is 0.444 e. The number of nitrogens with zero attached hydrogens (tertiary/aromatic N) is 4. The Morgan fingerprint density at radius 2 is 1.63 bits per heavy atom. The second-order valence-electron chi connectivity index (χ2n) is 16.7. The number of hydrogen-bond donors (Lipinski definition) is 3. The number of imide groups is 1. The van der Waals surface area contributed by atoms with Crippen molar-refractivity contribution in [1.82, 2.24) is 25.1 Å². The van der Waals surface area contributed by atoms with Crippen LogP contribution in [0.1, 0.15) is 117 Å². The van der Waals surface area contributed by atoms with Gasteiger partial charge >= 0.3 is 0 Å². The van der Waals surface area contributed by atoms with Crippen LogP contribution < -0.4 is 16.0 Å². The smallest absolute Gasteiger partial charge is 0.264 e. The fraction of sp³-hybridized carbons (Fsp3) is 0.622. The van der Waals surface area contributed by atoms with Gasteiger partial charge in [0.2, 0.25) is 17.7 Å². The minimum Gasteiger partial charge on any atom is -0.444 e. The number of aromatic nitrogens is 2. The first-order valence-corrected chi connectivity index (χ1v) is 24.0. The molecule has 18 heteroatoms. The average Bonchev–Trinajstić information content (AvgIpc) is 4.01. The Morgan fingerprint density at radius 1 is 0.937 bits per heavy atom. The number of carbonyl (C=O) groups is 5. The third kappa shape index (κ3) is 15.5. The zero-order chi connectivity index (χ0) is 45.0. The molecule has 1 aromatic carbocycles. The highest BCUT2D eigenvalue weighted by atomic mass is 32.2. The van der Waals surface area contributed by atoms with Crippen molar-refractivity contribution in [2.75, 3.05) is 83.5 Å². The molecule has 1 atom stereocenters. The monoisotopic (exact) mass is 911 g/mol. The van der Waals surface area contributed by atoms with Gasteiger partial charge in [-0.2, -0.15) is 0 Å². The molecule has 0 saturated carbocycles. The summed E-state index contributed by atoms with van der Waals surface area (Å²) >= 11 is 3.10. The Labute approximate surface area is 379 Å². The highest BCUT2D eigenvalue weighted by molar-refractivity contribution is 8.00. The molecule has 2 aliphatic rings. The predicted molar refractivity (Wildman–Crippen MR) is 243 cm³/mol. The molecule has 346 valence electrons. The number of amides is 4. The fourth-order valence-corrected chi connectivity index (χ4v) is 9.09. The quantitative estimate of drug-likeness (QED) is 0.0293. The molecule has 0 spiro atoms. The SMILES string of the molecule is CNC(=O)C(CCC=O)N1C(=O)c2cccc(NCCCCOCCOCCOCCCCCCN3CCC(C(=O)Nc4ncc(SCc5ncc(C(C)(C)C)o5)s4)CC3)c2C1=O. The summed E-state index contributed by atoms with van der Waals surface area (Å²) in [6.45, 7) is 13.2. The second-order valence-corrected chi connectivity index (χ2v) is 19.0. The number of aldehydes is 1. The Kier molecular flexibility index (Phi) is 20.5. The normalized spacial score (nSPS) is 15.1. The number of hydrogen-bond acceptors (Lipinski definition) is 15. The number of oxazole rings is 1. The number of nitrogens with one attached hydrogen (secondary N) is 3. The molecule has 0 radical (unpaired) electrons.